The lowest BCUT2D eigenvalue weighted by molar-refractivity contribution is 0.307. The van der Waals surface area contributed by atoms with Crippen molar-refractivity contribution >= 4 is 5.95 Å². The van der Waals surface area contributed by atoms with Gasteiger partial charge in [-0.3, -0.25) is 4.57 Å². The van der Waals surface area contributed by atoms with Gasteiger partial charge in [-0.1, -0.05) is 0 Å². The largest absolute Gasteiger partial charge is 0.347 e. The van der Waals surface area contributed by atoms with Gasteiger partial charge in [0.1, 0.15) is 5.82 Å². The summed E-state index contributed by atoms with van der Waals surface area (Å²) in [4.78, 5) is 2.02. The van der Waals surface area contributed by atoms with Crippen LogP contribution in [0.25, 0.3) is 0 Å². The molecule has 0 aromatic carbocycles. The van der Waals surface area contributed by atoms with Crippen LogP contribution in [-0.2, 0) is 6.42 Å². The Labute approximate surface area is 90.3 Å². The molecule has 15 heavy (non-hydrogen) atoms. The fraction of sp³-hybridized carbons (Fsp3) is 0.800. The van der Waals surface area contributed by atoms with Gasteiger partial charge in [0.2, 0.25) is 5.95 Å². The molecular formula is C10H19N5. The molecule has 1 saturated carbocycles. The van der Waals surface area contributed by atoms with Crippen LogP contribution in [0.4, 0.5) is 5.95 Å². The van der Waals surface area contributed by atoms with Gasteiger partial charge in [-0.05, 0) is 25.8 Å². The monoisotopic (exact) mass is 209 g/mol. The molecule has 0 spiro atoms. The quantitative estimate of drug-likeness (QED) is 0.787. The first-order valence-corrected chi connectivity index (χ1v) is 5.55. The van der Waals surface area contributed by atoms with E-state index in [0.717, 1.165) is 18.2 Å². The Morgan fingerprint density at radius 2 is 2.13 bits per heavy atom. The zero-order valence-electron chi connectivity index (χ0n) is 9.48. The minimum atomic E-state index is 0.596. The maximum Gasteiger partial charge on any atom is 0.226 e. The number of aromatic nitrogens is 3. The van der Waals surface area contributed by atoms with E-state index in [2.05, 4.69) is 14.8 Å². The van der Waals surface area contributed by atoms with Gasteiger partial charge in [0, 0.05) is 26.6 Å². The Hall–Kier alpha value is -1.10. The van der Waals surface area contributed by atoms with Gasteiger partial charge >= 0.3 is 0 Å². The Bertz CT molecular complexity index is 327. The van der Waals surface area contributed by atoms with Gasteiger partial charge in [-0.2, -0.15) is 0 Å². The minimum Gasteiger partial charge on any atom is -0.347 e. The number of hydrogen-bond donors (Lipinski definition) is 1. The van der Waals surface area contributed by atoms with Crippen molar-refractivity contribution in [3.8, 4) is 0 Å². The molecule has 0 amide bonds. The third-order valence-electron chi connectivity index (χ3n) is 2.96. The van der Waals surface area contributed by atoms with Crippen LogP contribution in [0.5, 0.6) is 0 Å². The number of nitrogens with zero attached hydrogens (tertiary/aromatic N) is 4. The van der Waals surface area contributed by atoms with E-state index in [-0.39, 0.29) is 0 Å². The molecule has 0 aliphatic heterocycles. The number of nitrogens with two attached hydrogens (primary N) is 1. The van der Waals surface area contributed by atoms with Crippen molar-refractivity contribution in [2.45, 2.75) is 31.7 Å². The van der Waals surface area contributed by atoms with Crippen LogP contribution in [0, 0.1) is 0 Å². The van der Waals surface area contributed by atoms with Crippen LogP contribution >= 0.6 is 0 Å². The molecule has 1 aliphatic rings. The summed E-state index contributed by atoms with van der Waals surface area (Å²) in [5, 5.41) is 8.44. The minimum absolute atomic E-state index is 0.596. The Morgan fingerprint density at radius 3 is 2.60 bits per heavy atom. The molecule has 1 aromatic rings. The zero-order valence-corrected chi connectivity index (χ0v) is 9.48. The first-order chi connectivity index (χ1) is 7.24. The first-order valence-electron chi connectivity index (χ1n) is 5.55. The predicted molar refractivity (Wildman–Crippen MR) is 60.0 cm³/mol. The average Bonchev–Trinajstić information content (AvgIpc) is 2.47. The van der Waals surface area contributed by atoms with Crippen LogP contribution in [0.15, 0.2) is 0 Å². The van der Waals surface area contributed by atoms with Crippen LogP contribution in [-0.4, -0.2) is 35.4 Å². The highest BCUT2D eigenvalue weighted by molar-refractivity contribution is 5.29. The topological polar surface area (TPSA) is 60.0 Å². The standard InChI is InChI=1S/C10H19N5/c1-14(2)10-13-12-9(6-7-11)15(10)8-4-3-5-8/h8H,3-7,11H2,1-2H3. The molecule has 84 valence electrons. The van der Waals surface area contributed by atoms with E-state index in [9.17, 15) is 0 Å². The Morgan fingerprint density at radius 1 is 1.40 bits per heavy atom. The first kappa shape index (κ1) is 10.4. The van der Waals surface area contributed by atoms with E-state index in [1.54, 1.807) is 0 Å². The molecule has 1 fully saturated rings. The van der Waals surface area contributed by atoms with Gasteiger partial charge in [-0.25, -0.2) is 0 Å². The van der Waals surface area contributed by atoms with Gasteiger partial charge in [0.05, 0.1) is 0 Å². The van der Waals surface area contributed by atoms with Crippen LogP contribution in [0.1, 0.15) is 31.1 Å². The van der Waals surface area contributed by atoms with Crippen molar-refractivity contribution in [2.24, 2.45) is 5.73 Å². The molecule has 0 radical (unpaired) electrons. The predicted octanol–water partition coefficient (Wildman–Crippen LogP) is 0.570. The fourth-order valence-electron chi connectivity index (χ4n) is 1.94. The lowest BCUT2D eigenvalue weighted by Crippen LogP contribution is -2.25. The van der Waals surface area contributed by atoms with Gasteiger partial charge in [-0.15, -0.1) is 10.2 Å². The normalized spacial score (nSPS) is 16.5. The second-order valence-electron chi connectivity index (χ2n) is 4.30. The Balaban J connectivity index is 2.30. The maximum atomic E-state index is 5.58. The lowest BCUT2D eigenvalue weighted by atomic mass is 9.92. The van der Waals surface area contributed by atoms with Gasteiger partial charge in [0.15, 0.2) is 0 Å². The van der Waals surface area contributed by atoms with Crippen molar-refractivity contribution < 1.29 is 0 Å². The highest BCUT2D eigenvalue weighted by atomic mass is 15.4. The summed E-state index contributed by atoms with van der Waals surface area (Å²) in [6, 6.07) is 0.596. The summed E-state index contributed by atoms with van der Waals surface area (Å²) < 4.78 is 2.26. The lowest BCUT2D eigenvalue weighted by Gasteiger charge is -2.30. The summed E-state index contributed by atoms with van der Waals surface area (Å²) in [6.07, 6.45) is 4.63. The highest BCUT2D eigenvalue weighted by Crippen LogP contribution is 2.35. The van der Waals surface area contributed by atoms with E-state index in [1.807, 2.05) is 19.0 Å². The van der Waals surface area contributed by atoms with E-state index < -0.39 is 0 Å². The summed E-state index contributed by atoms with van der Waals surface area (Å²) in [5.74, 6) is 1.99. The van der Waals surface area contributed by atoms with Crippen molar-refractivity contribution in [3.05, 3.63) is 5.82 Å². The average molecular weight is 209 g/mol. The summed E-state index contributed by atoms with van der Waals surface area (Å²) in [5.41, 5.74) is 5.58. The van der Waals surface area contributed by atoms with Gasteiger partial charge in [0.25, 0.3) is 0 Å². The van der Waals surface area contributed by atoms with E-state index in [1.165, 1.54) is 19.3 Å². The molecule has 1 aromatic heterocycles. The van der Waals surface area contributed by atoms with Crippen molar-refractivity contribution in [3.63, 3.8) is 0 Å². The second kappa shape index (κ2) is 4.18. The number of anilines is 1. The third kappa shape index (κ3) is 1.84. The van der Waals surface area contributed by atoms with Crippen molar-refractivity contribution in [1.82, 2.24) is 14.8 Å². The fourth-order valence-corrected chi connectivity index (χ4v) is 1.94. The van der Waals surface area contributed by atoms with Crippen molar-refractivity contribution in [1.29, 1.82) is 0 Å². The summed E-state index contributed by atoms with van der Waals surface area (Å²) in [7, 11) is 4.01. The highest BCUT2D eigenvalue weighted by Gasteiger charge is 2.26. The third-order valence-corrected chi connectivity index (χ3v) is 2.96. The molecule has 1 aliphatic carbocycles. The SMILES string of the molecule is CN(C)c1nnc(CCN)n1C1CCC1. The zero-order chi connectivity index (χ0) is 10.8. The Kier molecular flexibility index (Phi) is 2.90. The van der Waals surface area contributed by atoms with Gasteiger partial charge < -0.3 is 10.6 Å². The molecule has 2 rings (SSSR count). The maximum absolute atomic E-state index is 5.58. The van der Waals surface area contributed by atoms with E-state index in [4.69, 9.17) is 5.73 Å². The van der Waals surface area contributed by atoms with Crippen LogP contribution in [0.3, 0.4) is 0 Å². The summed E-state index contributed by atoms with van der Waals surface area (Å²) in [6.45, 7) is 0.637. The van der Waals surface area contributed by atoms with Crippen LogP contribution in [0.2, 0.25) is 0 Å². The summed E-state index contributed by atoms with van der Waals surface area (Å²) >= 11 is 0. The van der Waals surface area contributed by atoms with Crippen LogP contribution < -0.4 is 10.6 Å². The molecule has 5 heteroatoms. The molecule has 0 bridgehead atoms. The van der Waals surface area contributed by atoms with Crippen molar-refractivity contribution in [2.75, 3.05) is 25.5 Å². The molecule has 5 nitrogen and oxygen atoms in total. The second-order valence-corrected chi connectivity index (χ2v) is 4.30. The van der Waals surface area contributed by atoms with E-state index in [0.29, 0.717) is 12.6 Å². The smallest absolute Gasteiger partial charge is 0.226 e. The number of rotatable bonds is 4. The number of hydrogen-bond acceptors (Lipinski definition) is 4. The van der Waals surface area contributed by atoms with E-state index >= 15 is 0 Å². The molecule has 0 atom stereocenters. The molecule has 2 N–H and O–H groups in total. The molecular weight excluding hydrogens is 190 g/mol. The molecule has 1 heterocycles. The molecule has 0 saturated heterocycles. The molecule has 0 unspecified atom stereocenters.